The second kappa shape index (κ2) is 11.3. The van der Waals surface area contributed by atoms with Crippen molar-refractivity contribution >= 4 is 0 Å². The molecule has 0 fully saturated rings. The van der Waals surface area contributed by atoms with Crippen LogP contribution in [0.4, 0.5) is 0 Å². The van der Waals surface area contributed by atoms with Gasteiger partial charge in [0.15, 0.2) is 0 Å². The molecule has 0 amide bonds. The summed E-state index contributed by atoms with van der Waals surface area (Å²) in [6, 6.07) is 0. The van der Waals surface area contributed by atoms with Crippen molar-refractivity contribution in [1.82, 2.24) is 0 Å². The fourth-order valence-corrected chi connectivity index (χ4v) is 1.34. The summed E-state index contributed by atoms with van der Waals surface area (Å²) >= 11 is 0. The van der Waals surface area contributed by atoms with Crippen molar-refractivity contribution in [3.8, 4) is 0 Å². The van der Waals surface area contributed by atoms with Crippen molar-refractivity contribution in [3.05, 3.63) is 12.7 Å². The Bertz CT molecular complexity index is 223. The van der Waals surface area contributed by atoms with Crippen LogP contribution in [0.3, 0.4) is 0 Å². The summed E-state index contributed by atoms with van der Waals surface area (Å²) in [6.07, 6.45) is 4.86. The first-order chi connectivity index (χ1) is 9.05. The van der Waals surface area contributed by atoms with Crippen LogP contribution in [-0.2, 0) is 9.47 Å². The molecule has 1 unspecified atom stereocenters. The van der Waals surface area contributed by atoms with Crippen LogP contribution in [0.15, 0.2) is 12.7 Å². The fourth-order valence-electron chi connectivity index (χ4n) is 1.34. The molecule has 0 spiro atoms. The van der Waals surface area contributed by atoms with Crippen molar-refractivity contribution in [2.75, 3.05) is 13.2 Å². The smallest absolute Gasteiger partial charge is 0.0757 e. The Kier molecular flexibility index (Phi) is 12.4. The highest BCUT2D eigenvalue weighted by Crippen LogP contribution is 2.13. The van der Waals surface area contributed by atoms with Crippen molar-refractivity contribution < 1.29 is 14.6 Å². The molecule has 0 saturated carbocycles. The molecule has 0 rings (SSSR count). The predicted molar refractivity (Wildman–Crippen MR) is 87.1 cm³/mol. The van der Waals surface area contributed by atoms with Gasteiger partial charge in [-0.05, 0) is 60.8 Å². The Balaban J connectivity index is 0. The molecule has 0 aromatic rings. The number of aliphatic hydroxyl groups is 1. The van der Waals surface area contributed by atoms with Gasteiger partial charge in [0.1, 0.15) is 0 Å². The van der Waals surface area contributed by atoms with E-state index in [1.165, 1.54) is 0 Å². The van der Waals surface area contributed by atoms with Gasteiger partial charge in [0.2, 0.25) is 0 Å². The molecule has 0 aliphatic rings. The van der Waals surface area contributed by atoms with Crippen molar-refractivity contribution in [2.45, 2.75) is 85.0 Å². The molecule has 20 heavy (non-hydrogen) atoms. The van der Waals surface area contributed by atoms with Gasteiger partial charge in [-0.3, -0.25) is 0 Å². The minimum atomic E-state index is -0.0468. The first-order valence-corrected chi connectivity index (χ1v) is 7.61. The standard InChI is InChI=1S/C9H18O.C8H18O2/c1-6-8(7-2)10-9(3,4)5;1-8(2,3)10-7-5-4-6-9/h6,8H,1,7H2,2-5H3;9H,4-7H2,1-3H3. The highest BCUT2D eigenvalue weighted by Gasteiger charge is 2.14. The van der Waals surface area contributed by atoms with E-state index in [0.717, 1.165) is 25.9 Å². The molecule has 122 valence electrons. The Morgan fingerprint density at radius 3 is 1.85 bits per heavy atom. The summed E-state index contributed by atoms with van der Waals surface area (Å²) in [5.41, 5.74) is -0.0790. The zero-order valence-electron chi connectivity index (χ0n) is 14.7. The third-order valence-corrected chi connectivity index (χ3v) is 2.26. The maximum atomic E-state index is 8.44. The summed E-state index contributed by atoms with van der Waals surface area (Å²) in [4.78, 5) is 0. The van der Waals surface area contributed by atoms with Crippen LogP contribution in [0, 0.1) is 0 Å². The molecule has 0 heterocycles. The fraction of sp³-hybridized carbons (Fsp3) is 0.882. The van der Waals surface area contributed by atoms with Gasteiger partial charge < -0.3 is 14.6 Å². The molecular weight excluding hydrogens is 252 g/mol. The summed E-state index contributed by atoms with van der Waals surface area (Å²) < 4.78 is 11.0. The number of rotatable bonds is 7. The van der Waals surface area contributed by atoms with E-state index in [0.29, 0.717) is 0 Å². The van der Waals surface area contributed by atoms with E-state index in [2.05, 4.69) is 34.3 Å². The van der Waals surface area contributed by atoms with Crippen LogP contribution in [-0.4, -0.2) is 35.6 Å². The summed E-state index contributed by atoms with van der Waals surface area (Å²) in [5.74, 6) is 0. The van der Waals surface area contributed by atoms with Gasteiger partial charge in [-0.15, -0.1) is 6.58 Å². The van der Waals surface area contributed by atoms with Gasteiger partial charge in [-0.1, -0.05) is 13.0 Å². The Labute approximate surface area is 126 Å². The van der Waals surface area contributed by atoms with Crippen LogP contribution in [0.1, 0.15) is 67.7 Å². The lowest BCUT2D eigenvalue weighted by atomic mass is 10.1. The third kappa shape index (κ3) is 19.9. The average Bonchev–Trinajstić information content (AvgIpc) is 2.30. The number of ether oxygens (including phenoxy) is 2. The lowest BCUT2D eigenvalue weighted by Gasteiger charge is -2.24. The third-order valence-electron chi connectivity index (χ3n) is 2.26. The summed E-state index contributed by atoms with van der Waals surface area (Å²) in [6.45, 7) is 19.1. The number of hydrogen-bond acceptors (Lipinski definition) is 3. The Morgan fingerprint density at radius 1 is 1.05 bits per heavy atom. The molecule has 0 bridgehead atoms. The van der Waals surface area contributed by atoms with E-state index >= 15 is 0 Å². The number of unbranched alkanes of at least 4 members (excludes halogenated alkanes) is 1. The lowest BCUT2D eigenvalue weighted by Crippen LogP contribution is -2.25. The van der Waals surface area contributed by atoms with E-state index in [-0.39, 0.29) is 23.9 Å². The van der Waals surface area contributed by atoms with Crippen LogP contribution in [0.2, 0.25) is 0 Å². The molecule has 0 radical (unpaired) electrons. The quantitative estimate of drug-likeness (QED) is 0.559. The predicted octanol–water partition coefficient (Wildman–Crippen LogP) is 4.34. The van der Waals surface area contributed by atoms with Gasteiger partial charge in [0, 0.05) is 13.2 Å². The first-order valence-electron chi connectivity index (χ1n) is 7.61. The van der Waals surface area contributed by atoms with Gasteiger partial charge in [0.05, 0.1) is 17.3 Å². The molecule has 0 aliphatic heterocycles. The minimum Gasteiger partial charge on any atom is -0.396 e. The normalized spacial score (nSPS) is 13.4. The van der Waals surface area contributed by atoms with E-state index in [4.69, 9.17) is 14.6 Å². The van der Waals surface area contributed by atoms with Gasteiger partial charge in [-0.25, -0.2) is 0 Å². The molecule has 0 aromatic heterocycles. The maximum Gasteiger partial charge on any atom is 0.0757 e. The highest BCUT2D eigenvalue weighted by molar-refractivity contribution is 4.80. The Hall–Kier alpha value is -0.380. The van der Waals surface area contributed by atoms with Crippen molar-refractivity contribution in [3.63, 3.8) is 0 Å². The van der Waals surface area contributed by atoms with Gasteiger partial charge in [-0.2, -0.15) is 0 Å². The second-order valence-corrected chi connectivity index (χ2v) is 6.80. The Morgan fingerprint density at radius 2 is 1.60 bits per heavy atom. The summed E-state index contributed by atoms with van der Waals surface area (Å²) in [7, 11) is 0. The average molecular weight is 288 g/mol. The largest absolute Gasteiger partial charge is 0.396 e. The number of aliphatic hydroxyl groups excluding tert-OH is 1. The minimum absolute atomic E-state index is 0.0323. The van der Waals surface area contributed by atoms with E-state index in [9.17, 15) is 0 Å². The molecule has 0 aliphatic carbocycles. The van der Waals surface area contributed by atoms with Crippen molar-refractivity contribution in [1.29, 1.82) is 0 Å². The van der Waals surface area contributed by atoms with Crippen LogP contribution >= 0.6 is 0 Å². The second-order valence-electron chi connectivity index (χ2n) is 6.80. The molecule has 3 heteroatoms. The number of hydrogen-bond donors (Lipinski definition) is 1. The monoisotopic (exact) mass is 288 g/mol. The molecule has 0 aromatic carbocycles. The molecule has 0 saturated heterocycles. The summed E-state index contributed by atoms with van der Waals surface area (Å²) in [5, 5.41) is 8.44. The molecular formula is C17H36O3. The zero-order chi connectivity index (χ0) is 16.2. The topological polar surface area (TPSA) is 38.7 Å². The van der Waals surface area contributed by atoms with E-state index in [1.807, 2.05) is 26.8 Å². The van der Waals surface area contributed by atoms with E-state index in [1.54, 1.807) is 0 Å². The zero-order valence-corrected chi connectivity index (χ0v) is 14.7. The van der Waals surface area contributed by atoms with Crippen LogP contribution in [0.25, 0.3) is 0 Å². The molecule has 3 nitrogen and oxygen atoms in total. The van der Waals surface area contributed by atoms with Crippen LogP contribution < -0.4 is 0 Å². The highest BCUT2D eigenvalue weighted by atomic mass is 16.5. The first kappa shape index (κ1) is 21.9. The van der Waals surface area contributed by atoms with Crippen LogP contribution in [0.5, 0.6) is 0 Å². The van der Waals surface area contributed by atoms with Crippen molar-refractivity contribution in [2.24, 2.45) is 0 Å². The SMILES string of the molecule is C=CC(CC)OC(C)(C)C.CC(C)(C)OCCCCO. The van der Waals surface area contributed by atoms with E-state index < -0.39 is 0 Å². The molecule has 1 N–H and O–H groups in total. The van der Waals surface area contributed by atoms with Gasteiger partial charge in [0.25, 0.3) is 0 Å². The molecule has 1 atom stereocenters. The lowest BCUT2D eigenvalue weighted by molar-refractivity contribution is -0.0388. The van der Waals surface area contributed by atoms with Gasteiger partial charge >= 0.3 is 0 Å². The maximum absolute atomic E-state index is 8.44.